The summed E-state index contributed by atoms with van der Waals surface area (Å²) in [5.74, 6) is 0. The number of rotatable bonds is 3. The number of aryl methyl sites for hydroxylation is 2. The van der Waals surface area contributed by atoms with Gasteiger partial charge in [-0.1, -0.05) is 37.3 Å². The highest BCUT2D eigenvalue weighted by Gasteiger charge is 2.09. The molecule has 0 aliphatic carbocycles. The number of carbonyl (C=O) groups is 1. The number of carbonyl (C=O) groups excluding carboxylic acids is 1. The first-order valence-electron chi connectivity index (χ1n) is 8.80. The smallest absolute Gasteiger partial charge is 0.323 e. The Morgan fingerprint density at radius 2 is 1.50 bits per heavy atom. The van der Waals surface area contributed by atoms with Gasteiger partial charge in [0.1, 0.15) is 0 Å². The third kappa shape index (κ3) is 2.90. The van der Waals surface area contributed by atoms with Gasteiger partial charge in [-0.2, -0.15) is 0 Å². The molecule has 0 saturated heterocycles. The highest BCUT2D eigenvalue weighted by Crippen LogP contribution is 2.30. The van der Waals surface area contributed by atoms with Crippen molar-refractivity contribution in [2.75, 3.05) is 10.6 Å². The predicted molar refractivity (Wildman–Crippen MR) is 109 cm³/mol. The van der Waals surface area contributed by atoms with Crippen molar-refractivity contribution in [2.24, 2.45) is 7.05 Å². The molecule has 0 unspecified atom stereocenters. The Hall–Kier alpha value is -3.27. The first-order chi connectivity index (χ1) is 12.7. The van der Waals surface area contributed by atoms with Crippen molar-refractivity contribution in [1.82, 2.24) is 4.57 Å². The maximum atomic E-state index is 12.3. The van der Waals surface area contributed by atoms with Gasteiger partial charge in [-0.25, -0.2) is 4.79 Å². The van der Waals surface area contributed by atoms with Crippen molar-refractivity contribution in [3.05, 3.63) is 72.3 Å². The van der Waals surface area contributed by atoms with E-state index in [-0.39, 0.29) is 6.03 Å². The lowest BCUT2D eigenvalue weighted by molar-refractivity contribution is 0.262. The number of hydrogen-bond acceptors (Lipinski definition) is 1. The van der Waals surface area contributed by atoms with E-state index in [2.05, 4.69) is 41.3 Å². The van der Waals surface area contributed by atoms with Gasteiger partial charge in [0.05, 0.1) is 0 Å². The molecular formula is C22H21N3O. The molecule has 0 atom stereocenters. The molecular weight excluding hydrogens is 322 g/mol. The van der Waals surface area contributed by atoms with E-state index in [0.29, 0.717) is 0 Å². The van der Waals surface area contributed by atoms with Crippen LogP contribution in [0.1, 0.15) is 12.5 Å². The third-order valence-electron chi connectivity index (χ3n) is 4.79. The number of fused-ring (bicyclic) bond motifs is 3. The molecule has 0 radical (unpaired) electrons. The molecule has 130 valence electrons. The molecule has 4 heteroatoms. The first-order valence-corrected chi connectivity index (χ1v) is 8.80. The van der Waals surface area contributed by atoms with Crippen LogP contribution >= 0.6 is 0 Å². The molecule has 0 saturated carbocycles. The lowest BCUT2D eigenvalue weighted by Crippen LogP contribution is -2.19. The second kappa shape index (κ2) is 6.56. The number of nitrogens with one attached hydrogen (secondary N) is 2. The summed E-state index contributed by atoms with van der Waals surface area (Å²) < 4.78 is 2.17. The second-order valence-corrected chi connectivity index (χ2v) is 6.44. The average Bonchev–Trinajstić information content (AvgIpc) is 2.95. The lowest BCUT2D eigenvalue weighted by atomic mass is 10.1. The predicted octanol–water partition coefficient (Wildman–Crippen LogP) is 5.54. The van der Waals surface area contributed by atoms with Gasteiger partial charge < -0.3 is 15.2 Å². The van der Waals surface area contributed by atoms with Crippen LogP contribution in [0.3, 0.4) is 0 Å². The minimum absolute atomic E-state index is 0.242. The highest BCUT2D eigenvalue weighted by molar-refractivity contribution is 6.10. The summed E-state index contributed by atoms with van der Waals surface area (Å²) in [5.41, 5.74) is 5.13. The highest BCUT2D eigenvalue weighted by atomic mass is 16.2. The third-order valence-corrected chi connectivity index (χ3v) is 4.79. The zero-order valence-corrected chi connectivity index (χ0v) is 14.9. The Kier molecular flexibility index (Phi) is 4.09. The van der Waals surface area contributed by atoms with Crippen molar-refractivity contribution in [1.29, 1.82) is 0 Å². The van der Waals surface area contributed by atoms with Gasteiger partial charge in [-0.15, -0.1) is 0 Å². The van der Waals surface area contributed by atoms with Crippen molar-refractivity contribution >= 4 is 39.2 Å². The Morgan fingerprint density at radius 1 is 0.846 bits per heavy atom. The minimum Gasteiger partial charge on any atom is -0.344 e. The molecule has 0 aliphatic rings. The molecule has 0 aliphatic heterocycles. The topological polar surface area (TPSA) is 46.1 Å². The molecule has 26 heavy (non-hydrogen) atoms. The molecule has 3 aromatic carbocycles. The Bertz CT molecular complexity index is 1090. The average molecular weight is 343 g/mol. The molecule has 2 N–H and O–H groups in total. The number of urea groups is 1. The summed E-state index contributed by atoms with van der Waals surface area (Å²) in [6, 6.07) is 21.9. The summed E-state index contributed by atoms with van der Waals surface area (Å²) in [5, 5.41) is 8.12. The van der Waals surface area contributed by atoms with Crippen LogP contribution in [0.4, 0.5) is 16.2 Å². The van der Waals surface area contributed by atoms with Crippen LogP contribution in [0.15, 0.2) is 66.7 Å². The van der Waals surface area contributed by atoms with Crippen LogP contribution in [0.2, 0.25) is 0 Å². The molecule has 4 aromatic rings. The summed E-state index contributed by atoms with van der Waals surface area (Å²) in [6.45, 7) is 2.11. The van der Waals surface area contributed by atoms with E-state index in [1.54, 1.807) is 0 Å². The van der Waals surface area contributed by atoms with Gasteiger partial charge in [0.2, 0.25) is 0 Å². The molecule has 2 amide bonds. The Morgan fingerprint density at radius 3 is 2.27 bits per heavy atom. The van der Waals surface area contributed by atoms with E-state index < -0.39 is 0 Å². The number of benzene rings is 3. The summed E-state index contributed by atoms with van der Waals surface area (Å²) in [6.07, 6.45) is 0.984. The largest absolute Gasteiger partial charge is 0.344 e. The molecule has 0 bridgehead atoms. The quantitative estimate of drug-likeness (QED) is 0.504. The van der Waals surface area contributed by atoms with Crippen molar-refractivity contribution in [2.45, 2.75) is 13.3 Å². The maximum absolute atomic E-state index is 12.3. The monoisotopic (exact) mass is 343 g/mol. The first kappa shape index (κ1) is 16.2. The van der Waals surface area contributed by atoms with Crippen LogP contribution < -0.4 is 10.6 Å². The van der Waals surface area contributed by atoms with Gasteiger partial charge in [-0.05, 0) is 48.4 Å². The van der Waals surface area contributed by atoms with E-state index in [1.165, 1.54) is 16.5 Å². The number of amides is 2. The van der Waals surface area contributed by atoms with Crippen LogP contribution in [0.25, 0.3) is 21.8 Å². The van der Waals surface area contributed by atoms with Crippen LogP contribution in [-0.4, -0.2) is 10.6 Å². The van der Waals surface area contributed by atoms with Crippen LogP contribution in [0, 0.1) is 0 Å². The SMILES string of the molecule is CCc1ccc(NC(=O)Nc2ccc3c(c2)c2ccccc2n3C)cc1. The van der Waals surface area contributed by atoms with Crippen molar-refractivity contribution in [3.63, 3.8) is 0 Å². The number of nitrogens with zero attached hydrogens (tertiary/aromatic N) is 1. The zero-order valence-electron chi connectivity index (χ0n) is 14.9. The molecule has 1 aromatic heterocycles. The Labute approximate surface area is 152 Å². The van der Waals surface area contributed by atoms with Crippen LogP contribution in [0.5, 0.6) is 0 Å². The van der Waals surface area contributed by atoms with Crippen molar-refractivity contribution < 1.29 is 4.79 Å². The number of anilines is 2. The van der Waals surface area contributed by atoms with Gasteiger partial charge in [0.15, 0.2) is 0 Å². The normalized spacial score (nSPS) is 11.0. The summed E-state index contributed by atoms with van der Waals surface area (Å²) >= 11 is 0. The zero-order chi connectivity index (χ0) is 18.1. The molecule has 1 heterocycles. The van der Waals surface area contributed by atoms with Gasteiger partial charge in [-0.3, -0.25) is 0 Å². The standard InChI is InChI=1S/C22H21N3O/c1-3-15-8-10-16(11-9-15)23-22(26)24-17-12-13-21-19(14-17)18-6-4-5-7-20(18)25(21)2/h4-14H,3H2,1-2H3,(H2,23,24,26). The fourth-order valence-electron chi connectivity index (χ4n) is 3.36. The lowest BCUT2D eigenvalue weighted by Gasteiger charge is -2.08. The van der Waals surface area contributed by atoms with E-state index in [1.807, 2.05) is 54.6 Å². The summed E-state index contributed by atoms with van der Waals surface area (Å²) in [4.78, 5) is 12.3. The van der Waals surface area contributed by atoms with E-state index in [9.17, 15) is 4.79 Å². The minimum atomic E-state index is -0.242. The van der Waals surface area contributed by atoms with E-state index in [4.69, 9.17) is 0 Å². The number of para-hydroxylation sites is 1. The van der Waals surface area contributed by atoms with E-state index >= 15 is 0 Å². The van der Waals surface area contributed by atoms with E-state index in [0.717, 1.165) is 28.7 Å². The van der Waals surface area contributed by atoms with Gasteiger partial charge >= 0.3 is 6.03 Å². The Balaban J connectivity index is 1.58. The van der Waals surface area contributed by atoms with Gasteiger partial charge in [0, 0.05) is 40.2 Å². The molecule has 4 nitrogen and oxygen atoms in total. The molecule has 0 spiro atoms. The molecule has 0 fully saturated rings. The maximum Gasteiger partial charge on any atom is 0.323 e. The fraction of sp³-hybridized carbons (Fsp3) is 0.136. The fourth-order valence-corrected chi connectivity index (χ4v) is 3.36. The number of hydrogen-bond donors (Lipinski definition) is 2. The van der Waals surface area contributed by atoms with Crippen LogP contribution in [-0.2, 0) is 13.5 Å². The summed E-state index contributed by atoms with van der Waals surface area (Å²) in [7, 11) is 2.06. The second-order valence-electron chi connectivity index (χ2n) is 6.44. The molecule has 4 rings (SSSR count). The van der Waals surface area contributed by atoms with Gasteiger partial charge in [0.25, 0.3) is 0 Å². The number of aromatic nitrogens is 1. The van der Waals surface area contributed by atoms with Crippen molar-refractivity contribution in [3.8, 4) is 0 Å².